The van der Waals surface area contributed by atoms with Gasteiger partial charge in [-0.2, -0.15) is 0 Å². The molecule has 1 fully saturated rings. The first-order valence-corrected chi connectivity index (χ1v) is 7.00. The van der Waals surface area contributed by atoms with Crippen LogP contribution in [0.4, 0.5) is 5.69 Å². The standard InChI is InChI=1S/C15H21N3O3/c1-11-4-3-5-12(8-11)17-14(19)10-18-6-7-21-13(9-18)15(20)16-2/h3-5,8,13H,6-7,9-10H2,1-2H3,(H,16,20)(H,17,19). The molecule has 1 aromatic rings. The maximum atomic E-state index is 12.0. The maximum absolute atomic E-state index is 12.0. The van der Waals surface area contributed by atoms with Crippen LogP contribution in [0.15, 0.2) is 24.3 Å². The van der Waals surface area contributed by atoms with Gasteiger partial charge < -0.3 is 15.4 Å². The van der Waals surface area contributed by atoms with E-state index in [2.05, 4.69) is 10.6 Å². The summed E-state index contributed by atoms with van der Waals surface area (Å²) in [4.78, 5) is 25.5. The van der Waals surface area contributed by atoms with Crippen molar-refractivity contribution in [2.45, 2.75) is 13.0 Å². The van der Waals surface area contributed by atoms with Crippen LogP contribution < -0.4 is 10.6 Å². The molecule has 0 bridgehead atoms. The van der Waals surface area contributed by atoms with E-state index in [1.54, 1.807) is 7.05 Å². The zero-order chi connectivity index (χ0) is 15.2. The van der Waals surface area contributed by atoms with Crippen molar-refractivity contribution in [2.75, 3.05) is 38.6 Å². The summed E-state index contributed by atoms with van der Waals surface area (Å²) in [6, 6.07) is 7.66. The second-order valence-corrected chi connectivity index (χ2v) is 5.13. The Bertz CT molecular complexity index is 519. The van der Waals surface area contributed by atoms with Gasteiger partial charge in [0.15, 0.2) is 0 Å². The smallest absolute Gasteiger partial charge is 0.250 e. The number of likely N-dealkylation sites (N-methyl/N-ethyl adjacent to an activating group) is 1. The molecule has 21 heavy (non-hydrogen) atoms. The lowest BCUT2D eigenvalue weighted by Crippen LogP contribution is -2.50. The second kappa shape index (κ2) is 7.19. The van der Waals surface area contributed by atoms with Gasteiger partial charge in [-0.1, -0.05) is 12.1 Å². The first-order valence-electron chi connectivity index (χ1n) is 7.00. The quantitative estimate of drug-likeness (QED) is 0.841. The van der Waals surface area contributed by atoms with Gasteiger partial charge in [-0.15, -0.1) is 0 Å². The van der Waals surface area contributed by atoms with Crippen LogP contribution in [0.2, 0.25) is 0 Å². The number of carbonyl (C=O) groups excluding carboxylic acids is 2. The number of morpholine rings is 1. The maximum Gasteiger partial charge on any atom is 0.250 e. The molecule has 1 unspecified atom stereocenters. The van der Waals surface area contributed by atoms with Crippen molar-refractivity contribution in [1.82, 2.24) is 10.2 Å². The van der Waals surface area contributed by atoms with E-state index in [9.17, 15) is 9.59 Å². The van der Waals surface area contributed by atoms with Crippen LogP contribution in [-0.2, 0) is 14.3 Å². The van der Waals surface area contributed by atoms with Gasteiger partial charge in [0.05, 0.1) is 13.2 Å². The number of nitrogens with zero attached hydrogens (tertiary/aromatic N) is 1. The van der Waals surface area contributed by atoms with Gasteiger partial charge in [0.25, 0.3) is 0 Å². The van der Waals surface area contributed by atoms with Crippen molar-refractivity contribution >= 4 is 17.5 Å². The average molecular weight is 291 g/mol. The van der Waals surface area contributed by atoms with Gasteiger partial charge in [-0.25, -0.2) is 0 Å². The Morgan fingerprint density at radius 2 is 2.24 bits per heavy atom. The molecule has 1 aromatic carbocycles. The van der Waals surface area contributed by atoms with Gasteiger partial charge >= 0.3 is 0 Å². The van der Waals surface area contributed by atoms with E-state index in [4.69, 9.17) is 4.74 Å². The van der Waals surface area contributed by atoms with Crippen LogP contribution in [0.3, 0.4) is 0 Å². The predicted octanol–water partition coefficient (Wildman–Crippen LogP) is 0.380. The molecule has 1 atom stereocenters. The summed E-state index contributed by atoms with van der Waals surface area (Å²) in [5.74, 6) is -0.239. The summed E-state index contributed by atoms with van der Waals surface area (Å²) in [7, 11) is 1.58. The number of hydrogen-bond donors (Lipinski definition) is 2. The molecule has 114 valence electrons. The SMILES string of the molecule is CNC(=O)C1CN(CC(=O)Nc2cccc(C)c2)CCO1. The highest BCUT2D eigenvalue weighted by Crippen LogP contribution is 2.10. The number of anilines is 1. The van der Waals surface area contributed by atoms with E-state index >= 15 is 0 Å². The number of rotatable bonds is 4. The lowest BCUT2D eigenvalue weighted by Gasteiger charge is -2.31. The third-order valence-corrected chi connectivity index (χ3v) is 3.36. The van der Waals surface area contributed by atoms with Gasteiger partial charge in [-0.05, 0) is 24.6 Å². The van der Waals surface area contributed by atoms with Crippen molar-refractivity contribution in [1.29, 1.82) is 0 Å². The molecule has 0 saturated carbocycles. The van der Waals surface area contributed by atoms with E-state index in [1.807, 2.05) is 36.1 Å². The highest BCUT2D eigenvalue weighted by Gasteiger charge is 2.26. The summed E-state index contributed by atoms with van der Waals surface area (Å²) in [5.41, 5.74) is 1.88. The number of benzene rings is 1. The molecule has 1 saturated heterocycles. The largest absolute Gasteiger partial charge is 0.366 e. The first kappa shape index (κ1) is 15.5. The number of carbonyl (C=O) groups is 2. The topological polar surface area (TPSA) is 70.7 Å². The molecular formula is C15H21N3O3. The zero-order valence-corrected chi connectivity index (χ0v) is 12.4. The van der Waals surface area contributed by atoms with Gasteiger partial charge in [0.1, 0.15) is 6.10 Å². The molecule has 6 heteroatoms. The first-order chi connectivity index (χ1) is 10.1. The van der Waals surface area contributed by atoms with Gasteiger partial charge in [-0.3, -0.25) is 14.5 Å². The number of ether oxygens (including phenoxy) is 1. The monoisotopic (exact) mass is 291 g/mol. The normalized spacial score (nSPS) is 19.0. The summed E-state index contributed by atoms with van der Waals surface area (Å²) < 4.78 is 5.39. The molecule has 1 aliphatic heterocycles. The zero-order valence-electron chi connectivity index (χ0n) is 12.4. The summed E-state index contributed by atoms with van der Waals surface area (Å²) >= 11 is 0. The van der Waals surface area contributed by atoms with Crippen molar-refractivity contribution < 1.29 is 14.3 Å². The Kier molecular flexibility index (Phi) is 5.30. The van der Waals surface area contributed by atoms with E-state index < -0.39 is 6.10 Å². The molecule has 1 heterocycles. The summed E-state index contributed by atoms with van der Waals surface area (Å²) in [6.07, 6.45) is -0.504. The molecule has 0 aromatic heterocycles. The van der Waals surface area contributed by atoms with Gasteiger partial charge in [0, 0.05) is 25.8 Å². The molecular weight excluding hydrogens is 270 g/mol. The van der Waals surface area contributed by atoms with Crippen LogP contribution in [0.5, 0.6) is 0 Å². The molecule has 0 aliphatic carbocycles. The minimum Gasteiger partial charge on any atom is -0.366 e. The molecule has 0 spiro atoms. The Hall–Kier alpha value is -1.92. The fraction of sp³-hybridized carbons (Fsp3) is 0.467. The Labute approximate surface area is 124 Å². The third kappa shape index (κ3) is 4.54. The predicted molar refractivity (Wildman–Crippen MR) is 80.1 cm³/mol. The molecule has 0 radical (unpaired) electrons. The molecule has 2 N–H and O–H groups in total. The fourth-order valence-corrected chi connectivity index (χ4v) is 2.29. The Morgan fingerprint density at radius 1 is 1.43 bits per heavy atom. The molecule has 2 amide bonds. The lowest BCUT2D eigenvalue weighted by molar-refractivity contribution is -0.139. The van der Waals surface area contributed by atoms with Crippen molar-refractivity contribution in [3.63, 3.8) is 0 Å². The third-order valence-electron chi connectivity index (χ3n) is 3.36. The number of aryl methyl sites for hydroxylation is 1. The van der Waals surface area contributed by atoms with Crippen LogP contribution in [0, 0.1) is 6.92 Å². The number of hydrogen-bond acceptors (Lipinski definition) is 4. The summed E-state index contributed by atoms with van der Waals surface area (Å²) in [6.45, 7) is 3.77. The van der Waals surface area contributed by atoms with Crippen molar-refractivity contribution in [2.24, 2.45) is 0 Å². The fourth-order valence-electron chi connectivity index (χ4n) is 2.29. The van der Waals surface area contributed by atoms with E-state index in [0.29, 0.717) is 19.7 Å². The number of amides is 2. The van der Waals surface area contributed by atoms with Gasteiger partial charge in [0.2, 0.25) is 11.8 Å². The highest BCUT2D eigenvalue weighted by molar-refractivity contribution is 5.92. The lowest BCUT2D eigenvalue weighted by atomic mass is 10.2. The molecule has 6 nitrogen and oxygen atoms in total. The van der Waals surface area contributed by atoms with Crippen LogP contribution in [0.1, 0.15) is 5.56 Å². The van der Waals surface area contributed by atoms with Crippen molar-refractivity contribution in [3.8, 4) is 0 Å². The van der Waals surface area contributed by atoms with Crippen molar-refractivity contribution in [3.05, 3.63) is 29.8 Å². The van der Waals surface area contributed by atoms with E-state index in [-0.39, 0.29) is 18.4 Å². The minimum atomic E-state index is -0.504. The minimum absolute atomic E-state index is 0.0850. The average Bonchev–Trinajstić information content (AvgIpc) is 2.46. The highest BCUT2D eigenvalue weighted by atomic mass is 16.5. The Morgan fingerprint density at radius 3 is 2.95 bits per heavy atom. The van der Waals surface area contributed by atoms with Crippen LogP contribution in [0.25, 0.3) is 0 Å². The van der Waals surface area contributed by atoms with Crippen LogP contribution >= 0.6 is 0 Å². The van der Waals surface area contributed by atoms with E-state index in [1.165, 1.54) is 0 Å². The molecule has 1 aliphatic rings. The van der Waals surface area contributed by atoms with E-state index in [0.717, 1.165) is 11.3 Å². The number of nitrogens with one attached hydrogen (secondary N) is 2. The second-order valence-electron chi connectivity index (χ2n) is 5.13. The Balaban J connectivity index is 1.86. The van der Waals surface area contributed by atoms with Crippen LogP contribution in [-0.4, -0.2) is 56.1 Å². The summed E-state index contributed by atoms with van der Waals surface area (Å²) in [5, 5.41) is 5.43. The molecule has 2 rings (SSSR count).